The Labute approximate surface area is 220 Å². The van der Waals surface area contributed by atoms with Crippen LogP contribution in [0.5, 0.6) is 0 Å². The van der Waals surface area contributed by atoms with Gasteiger partial charge in [0.1, 0.15) is 17.8 Å². The summed E-state index contributed by atoms with van der Waals surface area (Å²) in [6.07, 6.45) is -3.77. The van der Waals surface area contributed by atoms with Gasteiger partial charge >= 0.3 is 6.18 Å². The topological polar surface area (TPSA) is 118 Å². The molecule has 3 amide bonds. The van der Waals surface area contributed by atoms with E-state index >= 15 is 0 Å². The van der Waals surface area contributed by atoms with Crippen LogP contribution in [-0.4, -0.2) is 78.7 Å². The first kappa shape index (κ1) is 30.4. The third-order valence-electron chi connectivity index (χ3n) is 6.09. The molecule has 1 aromatic carbocycles. The standard InChI is InChI=1S/C26H35F3N6O3/c1-5-35-15-9-12-20(35)23(36)33-19(13-14-26(27,28)29)21(30)24(37)31-16-17(2)32-22(25(38)34(3)4)18-10-7-6-8-11-18/h5-8,10-11,19-20,22,30,32H,1-2,9,12-16H2,3-4H3,(H,31,37)(H,33,36). The van der Waals surface area contributed by atoms with E-state index in [-0.39, 0.29) is 18.1 Å². The van der Waals surface area contributed by atoms with E-state index in [0.717, 1.165) is 0 Å². The third-order valence-corrected chi connectivity index (χ3v) is 6.09. The summed E-state index contributed by atoms with van der Waals surface area (Å²) in [6, 6.07) is 6.01. The number of nitrogens with zero attached hydrogens (tertiary/aromatic N) is 2. The van der Waals surface area contributed by atoms with Gasteiger partial charge in [0.25, 0.3) is 5.91 Å². The highest BCUT2D eigenvalue weighted by atomic mass is 19.4. The second-order valence-electron chi connectivity index (χ2n) is 9.21. The Morgan fingerprint density at radius 1 is 1.21 bits per heavy atom. The Kier molecular flexibility index (Phi) is 10.9. The molecule has 1 aliphatic heterocycles. The highest BCUT2D eigenvalue weighted by Crippen LogP contribution is 2.23. The van der Waals surface area contributed by atoms with Crippen LogP contribution in [-0.2, 0) is 14.4 Å². The van der Waals surface area contributed by atoms with Crippen molar-refractivity contribution in [1.82, 2.24) is 25.8 Å². The maximum absolute atomic E-state index is 12.9. The van der Waals surface area contributed by atoms with Crippen LogP contribution in [0.3, 0.4) is 0 Å². The Hall–Kier alpha value is -3.83. The van der Waals surface area contributed by atoms with Crippen molar-refractivity contribution in [3.63, 3.8) is 0 Å². The molecular formula is C26H35F3N6O3. The van der Waals surface area contributed by atoms with Gasteiger partial charge in [0.05, 0.1) is 12.6 Å². The van der Waals surface area contributed by atoms with E-state index in [1.165, 1.54) is 11.1 Å². The number of alkyl halides is 3. The molecule has 0 radical (unpaired) electrons. The molecule has 0 aromatic heterocycles. The number of nitrogens with one attached hydrogen (secondary N) is 4. The summed E-state index contributed by atoms with van der Waals surface area (Å²) in [6.45, 7) is 7.85. The average molecular weight is 537 g/mol. The third kappa shape index (κ3) is 8.93. The summed E-state index contributed by atoms with van der Waals surface area (Å²) < 4.78 is 38.8. The van der Waals surface area contributed by atoms with Crippen LogP contribution < -0.4 is 16.0 Å². The van der Waals surface area contributed by atoms with Gasteiger partial charge in [0.15, 0.2) is 0 Å². The van der Waals surface area contributed by atoms with Crippen molar-refractivity contribution in [2.45, 2.75) is 50.0 Å². The number of likely N-dealkylation sites (N-methyl/N-ethyl adjacent to an activating group) is 1. The van der Waals surface area contributed by atoms with Gasteiger partial charge in [-0.25, -0.2) is 0 Å². The molecule has 208 valence electrons. The van der Waals surface area contributed by atoms with Crippen LogP contribution in [0.15, 0.2) is 55.4 Å². The fraction of sp³-hybridized carbons (Fsp3) is 0.462. The Morgan fingerprint density at radius 3 is 2.45 bits per heavy atom. The summed E-state index contributed by atoms with van der Waals surface area (Å²) in [4.78, 5) is 41.2. The number of halogens is 3. The van der Waals surface area contributed by atoms with Crippen molar-refractivity contribution in [3.05, 3.63) is 61.0 Å². The molecule has 0 spiro atoms. The zero-order valence-electron chi connectivity index (χ0n) is 21.6. The lowest BCUT2D eigenvalue weighted by Crippen LogP contribution is -2.52. The van der Waals surface area contributed by atoms with Crippen molar-refractivity contribution >= 4 is 23.4 Å². The number of likely N-dealkylation sites (tertiary alicyclic amines) is 1. The summed E-state index contributed by atoms with van der Waals surface area (Å²) in [5.74, 6) is -1.78. The second kappa shape index (κ2) is 13.6. The Morgan fingerprint density at radius 2 is 1.87 bits per heavy atom. The number of carbonyl (C=O) groups excluding carboxylic acids is 3. The fourth-order valence-corrected chi connectivity index (χ4v) is 4.04. The van der Waals surface area contributed by atoms with Crippen molar-refractivity contribution in [2.75, 3.05) is 27.2 Å². The minimum absolute atomic E-state index is 0.196. The molecule has 3 atom stereocenters. The van der Waals surface area contributed by atoms with E-state index < -0.39 is 54.7 Å². The Bertz CT molecular complexity index is 1030. The number of rotatable bonds is 13. The summed E-state index contributed by atoms with van der Waals surface area (Å²) in [5.41, 5.74) is 0.211. The lowest BCUT2D eigenvalue weighted by molar-refractivity contribution is -0.137. The first-order chi connectivity index (χ1) is 17.8. The van der Waals surface area contributed by atoms with Crippen LogP contribution in [0, 0.1) is 5.41 Å². The molecule has 4 N–H and O–H groups in total. The van der Waals surface area contributed by atoms with Crippen molar-refractivity contribution in [2.24, 2.45) is 0 Å². The minimum atomic E-state index is -4.52. The second-order valence-corrected chi connectivity index (χ2v) is 9.21. The monoisotopic (exact) mass is 536 g/mol. The molecule has 1 saturated heterocycles. The highest BCUT2D eigenvalue weighted by Gasteiger charge is 2.35. The van der Waals surface area contributed by atoms with Gasteiger partial charge in [0.2, 0.25) is 11.8 Å². The van der Waals surface area contributed by atoms with E-state index in [0.29, 0.717) is 24.9 Å². The quantitative estimate of drug-likeness (QED) is 0.289. The zero-order valence-corrected chi connectivity index (χ0v) is 21.6. The maximum atomic E-state index is 12.9. The van der Waals surface area contributed by atoms with Crippen molar-refractivity contribution in [1.29, 1.82) is 5.41 Å². The number of benzene rings is 1. The van der Waals surface area contributed by atoms with Crippen molar-refractivity contribution in [3.8, 4) is 0 Å². The van der Waals surface area contributed by atoms with Crippen LogP contribution in [0.2, 0.25) is 0 Å². The predicted octanol–water partition coefficient (Wildman–Crippen LogP) is 2.49. The molecule has 38 heavy (non-hydrogen) atoms. The molecule has 1 aromatic rings. The predicted molar refractivity (Wildman–Crippen MR) is 138 cm³/mol. The molecule has 1 aliphatic rings. The van der Waals surface area contributed by atoms with E-state index in [4.69, 9.17) is 5.41 Å². The van der Waals surface area contributed by atoms with E-state index in [2.05, 4.69) is 29.1 Å². The molecule has 1 heterocycles. The first-order valence-electron chi connectivity index (χ1n) is 12.2. The largest absolute Gasteiger partial charge is 0.389 e. The highest BCUT2D eigenvalue weighted by molar-refractivity contribution is 6.39. The Balaban J connectivity index is 2.05. The van der Waals surface area contributed by atoms with Gasteiger partial charge in [-0.05, 0) is 31.0 Å². The molecule has 1 fully saturated rings. The summed E-state index contributed by atoms with van der Waals surface area (Å²) >= 11 is 0. The van der Waals surface area contributed by atoms with E-state index in [1.54, 1.807) is 49.3 Å². The molecule has 12 heteroatoms. The molecule has 2 rings (SSSR count). The lowest BCUT2D eigenvalue weighted by Gasteiger charge is -2.26. The summed E-state index contributed by atoms with van der Waals surface area (Å²) in [7, 11) is 3.20. The van der Waals surface area contributed by atoms with E-state index in [1.807, 2.05) is 0 Å². The van der Waals surface area contributed by atoms with Crippen molar-refractivity contribution < 1.29 is 27.6 Å². The van der Waals surface area contributed by atoms with Crippen LogP contribution >= 0.6 is 0 Å². The summed E-state index contributed by atoms with van der Waals surface area (Å²) in [5, 5.41) is 16.1. The van der Waals surface area contributed by atoms with Gasteiger partial charge in [-0.15, -0.1) is 0 Å². The molecular weight excluding hydrogens is 501 g/mol. The van der Waals surface area contributed by atoms with Crippen LogP contribution in [0.25, 0.3) is 0 Å². The van der Waals surface area contributed by atoms with Gasteiger partial charge in [-0.3, -0.25) is 19.8 Å². The number of amides is 3. The number of hydrogen-bond donors (Lipinski definition) is 4. The average Bonchev–Trinajstić information content (AvgIpc) is 3.36. The van der Waals surface area contributed by atoms with E-state index in [9.17, 15) is 27.6 Å². The lowest BCUT2D eigenvalue weighted by atomic mass is 10.0. The molecule has 0 bridgehead atoms. The normalized spacial score (nSPS) is 16.7. The molecule has 9 nitrogen and oxygen atoms in total. The molecule has 0 saturated carbocycles. The molecule has 0 aliphatic carbocycles. The maximum Gasteiger partial charge on any atom is 0.389 e. The number of hydrogen-bond acceptors (Lipinski definition) is 6. The zero-order chi connectivity index (χ0) is 28.5. The van der Waals surface area contributed by atoms with Gasteiger partial charge in [-0.1, -0.05) is 43.5 Å². The van der Waals surface area contributed by atoms with Crippen LogP contribution in [0.4, 0.5) is 13.2 Å². The van der Waals surface area contributed by atoms with Gasteiger partial charge in [-0.2, -0.15) is 13.2 Å². The smallest absolute Gasteiger partial charge is 0.372 e. The minimum Gasteiger partial charge on any atom is -0.372 e. The fourth-order valence-electron chi connectivity index (χ4n) is 4.04. The van der Waals surface area contributed by atoms with Gasteiger partial charge in [0, 0.05) is 32.8 Å². The first-order valence-corrected chi connectivity index (χ1v) is 12.2. The SMILES string of the molecule is C=CN1CCCC1C(=O)NC(CCC(F)(F)F)C(=N)C(=O)NCC(=C)NC(C(=O)N(C)C)c1ccccc1. The number of carbonyl (C=O) groups is 3. The van der Waals surface area contributed by atoms with Gasteiger partial charge < -0.3 is 25.8 Å². The van der Waals surface area contributed by atoms with Crippen LogP contribution in [0.1, 0.15) is 37.3 Å². The molecule has 3 unspecified atom stereocenters.